The minimum Gasteiger partial charge on any atom is -0.378 e. The molecule has 3 rings (SSSR count). The maximum atomic E-state index is 12.7. The Labute approximate surface area is 195 Å². The van der Waals surface area contributed by atoms with Gasteiger partial charge in [0.1, 0.15) is 4.90 Å². The Morgan fingerprint density at radius 1 is 0.882 bits per heavy atom. The van der Waals surface area contributed by atoms with Crippen molar-refractivity contribution in [1.82, 2.24) is 4.83 Å². The van der Waals surface area contributed by atoms with Crippen LogP contribution in [0, 0.1) is 0 Å². The molecule has 0 amide bonds. The molecule has 0 aliphatic rings. The highest BCUT2D eigenvalue weighted by Gasteiger charge is 2.31. The number of benzene rings is 3. The van der Waals surface area contributed by atoms with Crippen LogP contribution in [0.25, 0.3) is 0 Å². The Kier molecular flexibility index (Phi) is 7.32. The van der Waals surface area contributed by atoms with Crippen LogP contribution < -0.4 is 9.01 Å². The van der Waals surface area contributed by atoms with Crippen molar-refractivity contribution in [2.75, 3.05) is 0 Å². The van der Waals surface area contributed by atoms with Crippen LogP contribution in [-0.2, 0) is 32.7 Å². The molecule has 0 fully saturated rings. The molecular formula is C22H19F3N2O5S2. The lowest BCUT2D eigenvalue weighted by atomic mass is 10.2. The number of halogens is 3. The maximum Gasteiger partial charge on any atom is 0.416 e. The summed E-state index contributed by atoms with van der Waals surface area (Å²) in [5.74, 6) is -0.197. The largest absolute Gasteiger partial charge is 0.416 e. The average molecular weight is 513 g/mol. The summed E-state index contributed by atoms with van der Waals surface area (Å²) in [7, 11) is -8.43. The van der Waals surface area contributed by atoms with Crippen molar-refractivity contribution in [2.45, 2.75) is 29.3 Å². The van der Waals surface area contributed by atoms with E-state index in [1.165, 1.54) is 36.4 Å². The molecule has 7 nitrogen and oxygen atoms in total. The third-order valence-electron chi connectivity index (χ3n) is 4.61. The summed E-state index contributed by atoms with van der Waals surface area (Å²) < 4.78 is 93.0. The summed E-state index contributed by atoms with van der Waals surface area (Å²) in [6.07, 6.45) is -2.81. The second kappa shape index (κ2) is 9.85. The van der Waals surface area contributed by atoms with Gasteiger partial charge in [0.15, 0.2) is 5.75 Å². The van der Waals surface area contributed by atoms with E-state index in [4.69, 9.17) is 4.18 Å². The predicted octanol–water partition coefficient (Wildman–Crippen LogP) is 4.35. The van der Waals surface area contributed by atoms with E-state index < -0.39 is 36.8 Å². The molecule has 3 aromatic carbocycles. The molecule has 0 saturated heterocycles. The zero-order valence-corrected chi connectivity index (χ0v) is 19.3. The molecule has 0 aromatic heterocycles. The lowest BCUT2D eigenvalue weighted by Gasteiger charge is -2.11. The fourth-order valence-corrected chi connectivity index (χ4v) is 4.51. The van der Waals surface area contributed by atoms with Gasteiger partial charge in [-0.15, -0.1) is 0 Å². The maximum absolute atomic E-state index is 12.7. The summed E-state index contributed by atoms with van der Waals surface area (Å²) >= 11 is 0. The second-order valence-electron chi connectivity index (χ2n) is 6.95. The van der Waals surface area contributed by atoms with Crippen molar-refractivity contribution in [2.24, 2.45) is 5.10 Å². The molecular weight excluding hydrogens is 493 g/mol. The summed E-state index contributed by atoms with van der Waals surface area (Å²) in [5.41, 5.74) is 0.0698. The van der Waals surface area contributed by atoms with Crippen LogP contribution in [0.2, 0.25) is 0 Å². The molecule has 34 heavy (non-hydrogen) atoms. The zero-order chi connectivity index (χ0) is 25.0. The minimum absolute atomic E-state index is 0.00346. The van der Waals surface area contributed by atoms with Crippen LogP contribution in [0.5, 0.6) is 5.75 Å². The highest BCUT2D eigenvalue weighted by Crippen LogP contribution is 2.30. The van der Waals surface area contributed by atoms with Gasteiger partial charge >= 0.3 is 16.3 Å². The van der Waals surface area contributed by atoms with Gasteiger partial charge < -0.3 is 4.18 Å². The van der Waals surface area contributed by atoms with Crippen molar-refractivity contribution in [3.63, 3.8) is 0 Å². The first-order chi connectivity index (χ1) is 15.9. The lowest BCUT2D eigenvalue weighted by Crippen LogP contribution is -2.18. The van der Waals surface area contributed by atoms with E-state index in [9.17, 15) is 30.0 Å². The number of hydrogen-bond donors (Lipinski definition) is 1. The van der Waals surface area contributed by atoms with Gasteiger partial charge in [-0.05, 0) is 60.5 Å². The number of rotatable bonds is 8. The van der Waals surface area contributed by atoms with Gasteiger partial charge in [-0.25, -0.2) is 4.83 Å². The molecule has 0 heterocycles. The molecule has 0 aliphatic heterocycles. The molecule has 12 heteroatoms. The van der Waals surface area contributed by atoms with Crippen molar-refractivity contribution in [3.8, 4) is 5.75 Å². The van der Waals surface area contributed by atoms with Crippen LogP contribution in [-0.4, -0.2) is 23.1 Å². The summed E-state index contributed by atoms with van der Waals surface area (Å²) in [6.45, 7) is 1.93. The SMILES string of the molecule is CCc1ccc(S(=O)(=O)NN=Cc2ccccc2OS(=O)(=O)c2ccc(C(F)(F)F)cc2)cc1. The van der Waals surface area contributed by atoms with E-state index in [0.717, 1.165) is 30.3 Å². The molecule has 0 spiro atoms. The van der Waals surface area contributed by atoms with Crippen LogP contribution in [0.1, 0.15) is 23.6 Å². The normalized spacial score (nSPS) is 12.6. The Hall–Kier alpha value is -3.38. The van der Waals surface area contributed by atoms with E-state index in [1.54, 1.807) is 12.1 Å². The number of para-hydroxylation sites is 1. The highest BCUT2D eigenvalue weighted by molar-refractivity contribution is 7.89. The molecule has 0 aliphatic carbocycles. The molecule has 0 saturated carbocycles. The zero-order valence-electron chi connectivity index (χ0n) is 17.7. The van der Waals surface area contributed by atoms with Gasteiger partial charge in [0.05, 0.1) is 16.7 Å². The van der Waals surface area contributed by atoms with Crippen LogP contribution in [0.3, 0.4) is 0 Å². The fourth-order valence-electron chi connectivity index (χ4n) is 2.76. The quantitative estimate of drug-likeness (QED) is 0.275. The van der Waals surface area contributed by atoms with E-state index in [2.05, 4.69) is 5.10 Å². The number of hydrazone groups is 1. The van der Waals surface area contributed by atoms with Gasteiger partial charge in [-0.2, -0.15) is 35.1 Å². The fraction of sp³-hybridized carbons (Fsp3) is 0.136. The Morgan fingerprint density at radius 3 is 2.06 bits per heavy atom. The molecule has 0 radical (unpaired) electrons. The van der Waals surface area contributed by atoms with E-state index >= 15 is 0 Å². The average Bonchev–Trinajstić information content (AvgIpc) is 2.79. The number of sulfonamides is 1. The molecule has 1 N–H and O–H groups in total. The van der Waals surface area contributed by atoms with Crippen molar-refractivity contribution in [1.29, 1.82) is 0 Å². The second-order valence-corrected chi connectivity index (χ2v) is 10.2. The van der Waals surface area contributed by atoms with E-state index in [-0.39, 0.29) is 16.2 Å². The van der Waals surface area contributed by atoms with Gasteiger partial charge in [0.2, 0.25) is 0 Å². The molecule has 0 unspecified atom stereocenters. The van der Waals surface area contributed by atoms with E-state index in [0.29, 0.717) is 12.1 Å². The first-order valence-electron chi connectivity index (χ1n) is 9.77. The van der Waals surface area contributed by atoms with Crippen LogP contribution in [0.4, 0.5) is 13.2 Å². The van der Waals surface area contributed by atoms with E-state index in [1.807, 2.05) is 11.8 Å². The summed E-state index contributed by atoms with van der Waals surface area (Å²) in [6, 6.07) is 14.8. The Balaban J connectivity index is 1.78. The van der Waals surface area contributed by atoms with Crippen LogP contribution >= 0.6 is 0 Å². The van der Waals surface area contributed by atoms with Gasteiger partial charge in [0, 0.05) is 5.56 Å². The van der Waals surface area contributed by atoms with Crippen LogP contribution in [0.15, 0.2) is 87.7 Å². The van der Waals surface area contributed by atoms with Gasteiger partial charge in [-0.1, -0.05) is 31.2 Å². The standard InChI is InChI=1S/C22H19F3N2O5S2/c1-2-16-7-11-19(12-8-16)33(28,29)27-26-15-17-5-3-4-6-21(17)32-34(30,31)20-13-9-18(10-14-20)22(23,24)25/h3-15,27H,2H2,1H3. The first kappa shape index (κ1) is 25.2. The van der Waals surface area contributed by atoms with Crippen molar-refractivity contribution >= 4 is 26.4 Å². The number of alkyl halides is 3. The Morgan fingerprint density at radius 2 is 1.47 bits per heavy atom. The summed E-state index contributed by atoms with van der Waals surface area (Å²) in [4.78, 5) is 1.55. The predicted molar refractivity (Wildman–Crippen MR) is 119 cm³/mol. The first-order valence-corrected chi connectivity index (χ1v) is 12.7. The molecule has 0 atom stereocenters. The Bertz CT molecular complexity index is 1390. The number of hydrogen-bond acceptors (Lipinski definition) is 6. The number of nitrogens with one attached hydrogen (secondary N) is 1. The van der Waals surface area contributed by atoms with Gasteiger partial charge in [-0.3, -0.25) is 0 Å². The number of aryl methyl sites for hydroxylation is 1. The third-order valence-corrected chi connectivity index (χ3v) is 7.09. The monoisotopic (exact) mass is 512 g/mol. The minimum atomic E-state index is -4.61. The van der Waals surface area contributed by atoms with Gasteiger partial charge in [0.25, 0.3) is 10.0 Å². The molecule has 180 valence electrons. The number of nitrogens with zero attached hydrogens (tertiary/aromatic N) is 1. The van der Waals surface area contributed by atoms with Crippen molar-refractivity contribution in [3.05, 3.63) is 89.5 Å². The summed E-state index contributed by atoms with van der Waals surface area (Å²) in [5, 5.41) is 3.67. The van der Waals surface area contributed by atoms with Crippen molar-refractivity contribution < 1.29 is 34.2 Å². The smallest absolute Gasteiger partial charge is 0.378 e. The topological polar surface area (TPSA) is 102 Å². The lowest BCUT2D eigenvalue weighted by molar-refractivity contribution is -0.137. The molecule has 3 aromatic rings. The highest BCUT2D eigenvalue weighted by atomic mass is 32.2. The third kappa shape index (κ3) is 6.14. The molecule has 0 bridgehead atoms.